The van der Waals surface area contributed by atoms with Crippen molar-refractivity contribution in [1.29, 1.82) is 0 Å². The third-order valence-electron chi connectivity index (χ3n) is 3.38. The molecule has 9 heteroatoms. The summed E-state index contributed by atoms with van der Waals surface area (Å²) in [6.45, 7) is 2.87. The van der Waals surface area contributed by atoms with E-state index in [1.165, 1.54) is 29.2 Å². The van der Waals surface area contributed by atoms with Gasteiger partial charge in [-0.2, -0.15) is 10.2 Å². The maximum atomic E-state index is 12.9. The average molecular weight is 349 g/mol. The molecule has 24 heavy (non-hydrogen) atoms. The molecule has 3 aromatic rings. The zero-order valence-corrected chi connectivity index (χ0v) is 13.7. The van der Waals surface area contributed by atoms with Crippen molar-refractivity contribution < 1.29 is 12.8 Å². The molecule has 0 aliphatic heterocycles. The lowest BCUT2D eigenvalue weighted by molar-refractivity contribution is 0.600. The van der Waals surface area contributed by atoms with Crippen LogP contribution >= 0.6 is 0 Å². The molecule has 0 aliphatic carbocycles. The minimum absolute atomic E-state index is 0.0810. The number of benzene rings is 1. The third kappa shape index (κ3) is 3.62. The van der Waals surface area contributed by atoms with Crippen molar-refractivity contribution in [3.63, 3.8) is 0 Å². The Morgan fingerprint density at radius 3 is 2.58 bits per heavy atom. The summed E-state index contributed by atoms with van der Waals surface area (Å²) < 4.78 is 43.0. The van der Waals surface area contributed by atoms with Crippen molar-refractivity contribution in [3.05, 3.63) is 60.3 Å². The molecule has 7 nitrogen and oxygen atoms in total. The Kier molecular flexibility index (Phi) is 4.34. The summed E-state index contributed by atoms with van der Waals surface area (Å²) in [6, 6.07) is 7.60. The molecule has 3 rings (SSSR count). The van der Waals surface area contributed by atoms with E-state index in [-0.39, 0.29) is 16.5 Å². The first-order valence-electron chi connectivity index (χ1n) is 7.29. The molecule has 0 aliphatic rings. The number of nitrogens with zero attached hydrogens (tertiary/aromatic N) is 4. The van der Waals surface area contributed by atoms with Gasteiger partial charge in [0.25, 0.3) is 10.0 Å². The van der Waals surface area contributed by atoms with Crippen LogP contribution in [-0.2, 0) is 23.1 Å². The van der Waals surface area contributed by atoms with E-state index in [0.717, 1.165) is 5.56 Å². The standard InChI is InChI=1S/C15H16FN5O2S/c1-2-20-11-14(9-17-20)24(22,23)19-15-7-8-21(18-15)10-12-3-5-13(16)6-4-12/h3-9,11H,2,10H2,1H3,(H,18,19). The number of hydrogen-bond donors (Lipinski definition) is 1. The van der Waals surface area contributed by atoms with Gasteiger partial charge in [-0.05, 0) is 24.6 Å². The topological polar surface area (TPSA) is 81.8 Å². The molecule has 0 fully saturated rings. The van der Waals surface area contributed by atoms with Gasteiger partial charge in [0.05, 0.1) is 12.7 Å². The molecule has 126 valence electrons. The fourth-order valence-electron chi connectivity index (χ4n) is 2.13. The van der Waals surface area contributed by atoms with Gasteiger partial charge in [0.2, 0.25) is 0 Å². The molecule has 1 N–H and O–H groups in total. The van der Waals surface area contributed by atoms with Gasteiger partial charge in [-0.25, -0.2) is 12.8 Å². The first-order chi connectivity index (χ1) is 11.5. The summed E-state index contributed by atoms with van der Waals surface area (Å²) in [5, 5.41) is 8.12. The Morgan fingerprint density at radius 2 is 1.92 bits per heavy atom. The average Bonchev–Trinajstić information content (AvgIpc) is 3.19. The van der Waals surface area contributed by atoms with Crippen molar-refractivity contribution >= 4 is 15.8 Å². The second-order valence-corrected chi connectivity index (χ2v) is 6.84. The summed E-state index contributed by atoms with van der Waals surface area (Å²) in [5.41, 5.74) is 0.859. The zero-order valence-electron chi connectivity index (χ0n) is 12.9. The zero-order chi connectivity index (χ0) is 17.2. The molecule has 2 aromatic heterocycles. The summed E-state index contributed by atoms with van der Waals surface area (Å²) in [4.78, 5) is 0.0810. The number of anilines is 1. The predicted molar refractivity (Wildman–Crippen MR) is 86.4 cm³/mol. The Balaban J connectivity index is 1.72. The van der Waals surface area contributed by atoms with E-state index in [1.807, 2.05) is 6.92 Å². The Hall–Kier alpha value is -2.68. The van der Waals surface area contributed by atoms with Crippen LogP contribution in [0.4, 0.5) is 10.2 Å². The van der Waals surface area contributed by atoms with Gasteiger partial charge >= 0.3 is 0 Å². The molecular weight excluding hydrogens is 333 g/mol. The van der Waals surface area contributed by atoms with E-state index >= 15 is 0 Å². The van der Waals surface area contributed by atoms with Crippen LogP contribution in [0.15, 0.2) is 53.8 Å². The van der Waals surface area contributed by atoms with Gasteiger partial charge in [0, 0.05) is 25.0 Å². The largest absolute Gasteiger partial charge is 0.272 e. The van der Waals surface area contributed by atoms with Crippen molar-refractivity contribution in [3.8, 4) is 0 Å². The molecule has 0 saturated carbocycles. The van der Waals surface area contributed by atoms with Crippen molar-refractivity contribution in [2.45, 2.75) is 24.9 Å². The molecule has 0 unspecified atom stereocenters. The second kappa shape index (κ2) is 6.44. The number of halogens is 1. The Morgan fingerprint density at radius 1 is 1.17 bits per heavy atom. The summed E-state index contributed by atoms with van der Waals surface area (Å²) in [7, 11) is -3.73. The molecule has 0 amide bonds. The van der Waals surface area contributed by atoms with Crippen LogP contribution in [0.3, 0.4) is 0 Å². The lowest BCUT2D eigenvalue weighted by atomic mass is 10.2. The van der Waals surface area contributed by atoms with E-state index < -0.39 is 10.0 Å². The Bertz CT molecular complexity index is 931. The highest BCUT2D eigenvalue weighted by atomic mass is 32.2. The van der Waals surface area contributed by atoms with Crippen LogP contribution < -0.4 is 4.72 Å². The SMILES string of the molecule is CCn1cc(S(=O)(=O)Nc2ccn(Cc3ccc(F)cc3)n2)cn1. The monoisotopic (exact) mass is 349 g/mol. The molecule has 1 aromatic carbocycles. The number of aromatic nitrogens is 4. The van der Waals surface area contributed by atoms with E-state index in [0.29, 0.717) is 13.1 Å². The minimum Gasteiger partial charge on any atom is -0.272 e. The van der Waals surface area contributed by atoms with E-state index in [2.05, 4.69) is 14.9 Å². The maximum Gasteiger partial charge on any atom is 0.266 e. The van der Waals surface area contributed by atoms with Gasteiger partial charge in [0.15, 0.2) is 5.82 Å². The predicted octanol–water partition coefficient (Wildman–Crippen LogP) is 2.09. The lowest BCUT2D eigenvalue weighted by Gasteiger charge is -2.04. The first-order valence-corrected chi connectivity index (χ1v) is 8.78. The number of rotatable bonds is 6. The van der Waals surface area contributed by atoms with Crippen LogP contribution in [0, 0.1) is 5.82 Å². The number of sulfonamides is 1. The molecule has 0 spiro atoms. The van der Waals surface area contributed by atoms with Gasteiger partial charge in [0.1, 0.15) is 10.7 Å². The first kappa shape index (κ1) is 16.2. The third-order valence-corrected chi connectivity index (χ3v) is 4.69. The van der Waals surface area contributed by atoms with Gasteiger partial charge in [-0.3, -0.25) is 14.1 Å². The summed E-state index contributed by atoms with van der Waals surface area (Å²) in [6.07, 6.45) is 4.40. The van der Waals surface area contributed by atoms with Crippen LogP contribution in [0.2, 0.25) is 0 Å². The molecule has 0 bridgehead atoms. The normalized spacial score (nSPS) is 11.6. The van der Waals surface area contributed by atoms with Crippen molar-refractivity contribution in [2.24, 2.45) is 0 Å². The highest BCUT2D eigenvalue weighted by molar-refractivity contribution is 7.92. The lowest BCUT2D eigenvalue weighted by Crippen LogP contribution is -2.13. The van der Waals surface area contributed by atoms with Crippen LogP contribution in [-0.4, -0.2) is 28.0 Å². The van der Waals surface area contributed by atoms with E-state index in [9.17, 15) is 12.8 Å². The van der Waals surface area contributed by atoms with Crippen molar-refractivity contribution in [2.75, 3.05) is 4.72 Å². The quantitative estimate of drug-likeness (QED) is 0.739. The van der Waals surface area contributed by atoms with Gasteiger partial charge < -0.3 is 0 Å². The summed E-state index contributed by atoms with van der Waals surface area (Å²) in [5.74, 6) is -0.0957. The van der Waals surface area contributed by atoms with Crippen LogP contribution in [0.25, 0.3) is 0 Å². The Labute approximate surface area is 138 Å². The van der Waals surface area contributed by atoms with Gasteiger partial charge in [-0.15, -0.1) is 0 Å². The second-order valence-electron chi connectivity index (χ2n) is 5.16. The number of aryl methyl sites for hydroxylation is 1. The molecular formula is C15H16FN5O2S. The van der Waals surface area contributed by atoms with Crippen LogP contribution in [0.5, 0.6) is 0 Å². The molecule has 2 heterocycles. The minimum atomic E-state index is -3.73. The van der Waals surface area contributed by atoms with Crippen molar-refractivity contribution in [1.82, 2.24) is 19.6 Å². The maximum absolute atomic E-state index is 12.9. The smallest absolute Gasteiger partial charge is 0.266 e. The highest BCUT2D eigenvalue weighted by Gasteiger charge is 2.17. The highest BCUT2D eigenvalue weighted by Crippen LogP contribution is 2.14. The van der Waals surface area contributed by atoms with E-state index in [4.69, 9.17) is 0 Å². The fraction of sp³-hybridized carbons (Fsp3) is 0.200. The number of hydrogen-bond acceptors (Lipinski definition) is 4. The molecule has 0 saturated heterocycles. The van der Waals surface area contributed by atoms with Gasteiger partial charge in [-0.1, -0.05) is 12.1 Å². The molecule has 0 radical (unpaired) electrons. The van der Waals surface area contributed by atoms with E-state index in [1.54, 1.807) is 29.1 Å². The van der Waals surface area contributed by atoms with Crippen LogP contribution in [0.1, 0.15) is 12.5 Å². The number of nitrogens with one attached hydrogen (secondary N) is 1. The fourth-order valence-corrected chi connectivity index (χ4v) is 3.08. The molecule has 0 atom stereocenters. The summed E-state index contributed by atoms with van der Waals surface area (Å²) >= 11 is 0.